The van der Waals surface area contributed by atoms with Crippen molar-refractivity contribution < 1.29 is 4.74 Å². The Hall–Kier alpha value is -2.29. The van der Waals surface area contributed by atoms with Crippen LogP contribution in [0.3, 0.4) is 0 Å². The third kappa shape index (κ3) is 1.63. The van der Waals surface area contributed by atoms with Crippen molar-refractivity contribution in [2.75, 3.05) is 0 Å². The topological polar surface area (TPSA) is 26.5 Å². The maximum Gasteiger partial charge on any atom is 0.147 e. The van der Waals surface area contributed by atoms with Gasteiger partial charge in [-0.15, -0.1) is 0 Å². The number of benzene rings is 1. The largest absolute Gasteiger partial charge is 0.481 e. The van der Waals surface area contributed by atoms with Gasteiger partial charge in [0.05, 0.1) is 5.69 Å². The fourth-order valence-electron chi connectivity index (χ4n) is 3.27. The minimum absolute atomic E-state index is 0.421. The van der Waals surface area contributed by atoms with Crippen LogP contribution >= 0.6 is 0 Å². The lowest BCUT2D eigenvalue weighted by molar-refractivity contribution is 0.101. The average Bonchev–Trinajstić information content (AvgIpc) is 2.79. The molecule has 0 bridgehead atoms. The second-order valence-electron chi connectivity index (χ2n) is 6.29. The van der Waals surface area contributed by atoms with Gasteiger partial charge in [0.15, 0.2) is 0 Å². The summed E-state index contributed by atoms with van der Waals surface area (Å²) in [6.07, 6.45) is 0. The average molecular weight is 278 g/mol. The second kappa shape index (κ2) is 3.88. The Morgan fingerprint density at radius 2 is 1.86 bits per heavy atom. The van der Waals surface area contributed by atoms with Crippen molar-refractivity contribution in [3.05, 3.63) is 53.3 Å². The Morgan fingerprint density at radius 1 is 1.10 bits per heavy atom. The second-order valence-corrected chi connectivity index (χ2v) is 6.29. The van der Waals surface area contributed by atoms with Gasteiger partial charge in [0.1, 0.15) is 22.7 Å². The van der Waals surface area contributed by atoms with Gasteiger partial charge in [-0.1, -0.05) is 12.1 Å². The molecule has 0 amide bonds. The molecule has 2 aromatic heterocycles. The van der Waals surface area contributed by atoms with E-state index in [0.29, 0.717) is 0 Å². The fourth-order valence-corrected chi connectivity index (χ4v) is 3.27. The van der Waals surface area contributed by atoms with Gasteiger partial charge in [0.25, 0.3) is 0 Å². The van der Waals surface area contributed by atoms with Gasteiger partial charge >= 0.3 is 0 Å². The summed E-state index contributed by atoms with van der Waals surface area (Å²) in [6.45, 7) is 8.40. The van der Waals surface area contributed by atoms with Crippen molar-refractivity contribution in [2.24, 2.45) is 0 Å². The number of hydrogen-bond acceptors (Lipinski definition) is 2. The molecule has 0 N–H and O–H groups in total. The van der Waals surface area contributed by atoms with Gasteiger partial charge < -0.3 is 4.74 Å². The molecule has 0 saturated heterocycles. The molecule has 0 atom stereocenters. The minimum atomic E-state index is -0.421. The molecule has 1 aromatic carbocycles. The van der Waals surface area contributed by atoms with E-state index in [4.69, 9.17) is 9.72 Å². The predicted molar refractivity (Wildman–Crippen MR) is 83.8 cm³/mol. The number of aromatic nitrogens is 2. The summed E-state index contributed by atoms with van der Waals surface area (Å²) in [5, 5.41) is 0. The van der Waals surface area contributed by atoms with Crippen LogP contribution in [-0.2, 0) is 5.60 Å². The van der Waals surface area contributed by atoms with Gasteiger partial charge in [-0.3, -0.25) is 4.40 Å². The maximum absolute atomic E-state index is 6.17. The van der Waals surface area contributed by atoms with Crippen LogP contribution in [0.4, 0.5) is 0 Å². The smallest absolute Gasteiger partial charge is 0.147 e. The normalized spacial score (nSPS) is 15.4. The van der Waals surface area contributed by atoms with Crippen molar-refractivity contribution in [3.8, 4) is 17.0 Å². The first-order chi connectivity index (χ1) is 9.97. The number of imidazole rings is 1. The van der Waals surface area contributed by atoms with Crippen LogP contribution in [0.5, 0.6) is 5.75 Å². The zero-order valence-corrected chi connectivity index (χ0v) is 12.8. The highest BCUT2D eigenvalue weighted by Crippen LogP contribution is 2.45. The van der Waals surface area contributed by atoms with Crippen molar-refractivity contribution in [3.63, 3.8) is 0 Å². The highest BCUT2D eigenvalue weighted by molar-refractivity contribution is 5.76. The first kappa shape index (κ1) is 12.5. The number of nitrogens with zero attached hydrogens (tertiary/aromatic N) is 2. The van der Waals surface area contributed by atoms with Crippen LogP contribution in [-0.4, -0.2) is 9.38 Å². The molecule has 106 valence electrons. The molecule has 3 heteroatoms. The molecule has 0 saturated carbocycles. The number of aryl methyl sites for hydroxylation is 2. The van der Waals surface area contributed by atoms with Crippen LogP contribution < -0.4 is 4.74 Å². The van der Waals surface area contributed by atoms with E-state index in [1.54, 1.807) is 0 Å². The lowest BCUT2D eigenvalue weighted by Crippen LogP contribution is -2.29. The van der Waals surface area contributed by atoms with E-state index < -0.39 is 5.60 Å². The minimum Gasteiger partial charge on any atom is -0.481 e. The lowest BCUT2D eigenvalue weighted by Gasteiger charge is -2.31. The molecule has 3 nitrogen and oxygen atoms in total. The van der Waals surface area contributed by atoms with E-state index in [-0.39, 0.29) is 0 Å². The summed E-state index contributed by atoms with van der Waals surface area (Å²) in [4.78, 5) is 4.86. The predicted octanol–water partition coefficient (Wildman–Crippen LogP) is 4.25. The Kier molecular flexibility index (Phi) is 2.30. The molecular weight excluding hydrogens is 260 g/mol. The van der Waals surface area contributed by atoms with Crippen LogP contribution in [0.25, 0.3) is 16.9 Å². The first-order valence-corrected chi connectivity index (χ1v) is 7.26. The molecule has 0 aliphatic carbocycles. The van der Waals surface area contributed by atoms with Crippen molar-refractivity contribution in [2.45, 2.75) is 33.3 Å². The van der Waals surface area contributed by atoms with Gasteiger partial charge in [0.2, 0.25) is 0 Å². The lowest BCUT2D eigenvalue weighted by atomic mass is 9.95. The zero-order chi connectivity index (χ0) is 14.8. The third-order valence-corrected chi connectivity index (χ3v) is 4.13. The van der Waals surface area contributed by atoms with Gasteiger partial charge in [-0.2, -0.15) is 0 Å². The fraction of sp³-hybridized carbons (Fsp3) is 0.278. The zero-order valence-electron chi connectivity index (χ0n) is 12.8. The number of rotatable bonds is 0. The molecule has 3 heterocycles. The van der Waals surface area contributed by atoms with E-state index in [9.17, 15) is 0 Å². The monoisotopic (exact) mass is 278 g/mol. The Labute approximate surface area is 124 Å². The Morgan fingerprint density at radius 3 is 2.67 bits per heavy atom. The highest BCUT2D eigenvalue weighted by Gasteiger charge is 2.36. The van der Waals surface area contributed by atoms with Gasteiger partial charge in [0, 0.05) is 11.3 Å². The van der Waals surface area contributed by atoms with E-state index >= 15 is 0 Å². The maximum atomic E-state index is 6.17. The number of para-hydroxylation sites is 1. The van der Waals surface area contributed by atoms with Gasteiger partial charge in [-0.05, 0) is 57.5 Å². The summed E-state index contributed by atoms with van der Waals surface area (Å²) in [7, 11) is 0. The Bertz CT molecular complexity index is 874. The van der Waals surface area contributed by atoms with E-state index in [1.807, 2.05) is 18.2 Å². The molecular formula is C18H18N2O. The SMILES string of the molecule is Cc1cc(C)n2c3c(nc2c1)C(C)(C)Oc1ccccc1-3. The summed E-state index contributed by atoms with van der Waals surface area (Å²) >= 11 is 0. The van der Waals surface area contributed by atoms with Crippen LogP contribution in [0.1, 0.15) is 30.8 Å². The molecule has 3 aromatic rings. The van der Waals surface area contributed by atoms with Crippen molar-refractivity contribution in [1.29, 1.82) is 0 Å². The molecule has 21 heavy (non-hydrogen) atoms. The quantitative estimate of drug-likeness (QED) is 0.614. The summed E-state index contributed by atoms with van der Waals surface area (Å²) in [5.41, 5.74) is 6.29. The summed E-state index contributed by atoms with van der Waals surface area (Å²) in [5.74, 6) is 0.928. The van der Waals surface area contributed by atoms with E-state index in [0.717, 1.165) is 28.3 Å². The van der Waals surface area contributed by atoms with Crippen LogP contribution in [0.2, 0.25) is 0 Å². The van der Waals surface area contributed by atoms with E-state index in [2.05, 4.69) is 50.3 Å². The van der Waals surface area contributed by atoms with Crippen LogP contribution in [0, 0.1) is 13.8 Å². The number of fused-ring (bicyclic) bond motifs is 5. The van der Waals surface area contributed by atoms with Crippen molar-refractivity contribution in [1.82, 2.24) is 9.38 Å². The summed E-state index contributed by atoms with van der Waals surface area (Å²) < 4.78 is 8.41. The highest BCUT2D eigenvalue weighted by atomic mass is 16.5. The first-order valence-electron chi connectivity index (χ1n) is 7.26. The van der Waals surface area contributed by atoms with Gasteiger partial charge in [-0.25, -0.2) is 4.98 Å². The van der Waals surface area contributed by atoms with Crippen molar-refractivity contribution >= 4 is 5.65 Å². The Balaban J connectivity index is 2.19. The summed E-state index contributed by atoms with van der Waals surface area (Å²) in [6, 6.07) is 12.5. The molecule has 0 fully saturated rings. The number of pyridine rings is 1. The molecule has 0 unspecified atom stereocenters. The molecule has 1 aliphatic heterocycles. The molecule has 0 radical (unpaired) electrons. The molecule has 0 spiro atoms. The molecule has 1 aliphatic rings. The number of hydrogen-bond donors (Lipinski definition) is 0. The standard InChI is InChI=1S/C18H18N2O/c1-11-9-12(2)20-15(10-11)19-17-16(20)13-7-5-6-8-14(13)21-18(17,3)4/h5-10H,1-4H3. The number of ether oxygens (including phenoxy) is 1. The molecule has 4 rings (SSSR count). The van der Waals surface area contributed by atoms with Crippen LogP contribution in [0.15, 0.2) is 36.4 Å². The third-order valence-electron chi connectivity index (χ3n) is 4.13. The van der Waals surface area contributed by atoms with E-state index in [1.165, 1.54) is 11.3 Å².